The molecule has 0 radical (unpaired) electrons. The minimum Gasteiger partial charge on any atom is -0.444 e. The molecule has 3 heterocycles. The van der Waals surface area contributed by atoms with E-state index in [4.69, 9.17) is 9.40 Å². The molecule has 0 aliphatic heterocycles. The zero-order chi connectivity index (χ0) is 19.8. The SMILES string of the molecule is CCc1cccc(C)c1CNc1cc(-c2nc(C)co2)cn2c(C)c(C)nc12.Cl. The van der Waals surface area contributed by atoms with Crippen LogP contribution in [0.15, 0.2) is 41.1 Å². The molecule has 3 aromatic heterocycles. The number of hydrogen-bond acceptors (Lipinski definition) is 4. The Labute approximate surface area is 177 Å². The normalized spacial score (nSPS) is 10.9. The van der Waals surface area contributed by atoms with Crippen molar-refractivity contribution in [3.8, 4) is 11.5 Å². The lowest BCUT2D eigenvalue weighted by Gasteiger charge is -2.14. The van der Waals surface area contributed by atoms with E-state index in [1.807, 2.05) is 20.0 Å². The van der Waals surface area contributed by atoms with Crippen molar-refractivity contribution < 1.29 is 4.42 Å². The van der Waals surface area contributed by atoms with Crippen LogP contribution < -0.4 is 5.32 Å². The summed E-state index contributed by atoms with van der Waals surface area (Å²) in [4.78, 5) is 9.28. The summed E-state index contributed by atoms with van der Waals surface area (Å²) >= 11 is 0. The fourth-order valence-electron chi connectivity index (χ4n) is 3.64. The van der Waals surface area contributed by atoms with E-state index in [9.17, 15) is 0 Å². The molecule has 0 amide bonds. The van der Waals surface area contributed by atoms with Crippen molar-refractivity contribution >= 4 is 23.7 Å². The molecular weight excluding hydrogens is 384 g/mol. The summed E-state index contributed by atoms with van der Waals surface area (Å²) in [6.45, 7) is 11.2. The van der Waals surface area contributed by atoms with Gasteiger partial charge >= 0.3 is 0 Å². The van der Waals surface area contributed by atoms with Gasteiger partial charge in [-0.25, -0.2) is 9.97 Å². The number of benzene rings is 1. The maximum atomic E-state index is 5.65. The highest BCUT2D eigenvalue weighted by Crippen LogP contribution is 2.28. The number of rotatable bonds is 5. The predicted octanol–water partition coefficient (Wildman–Crippen LogP) is 5.82. The summed E-state index contributed by atoms with van der Waals surface area (Å²) in [5.74, 6) is 0.623. The van der Waals surface area contributed by atoms with Crippen LogP contribution in [0.3, 0.4) is 0 Å². The molecule has 6 heteroatoms. The first-order chi connectivity index (χ1) is 13.5. The van der Waals surface area contributed by atoms with Crippen molar-refractivity contribution in [1.29, 1.82) is 0 Å². The number of aromatic nitrogens is 3. The summed E-state index contributed by atoms with van der Waals surface area (Å²) < 4.78 is 7.76. The molecule has 0 saturated carbocycles. The van der Waals surface area contributed by atoms with Crippen LogP contribution in [0.4, 0.5) is 5.69 Å². The zero-order valence-electron chi connectivity index (χ0n) is 17.5. The fourth-order valence-corrected chi connectivity index (χ4v) is 3.64. The number of fused-ring (bicyclic) bond motifs is 1. The van der Waals surface area contributed by atoms with Crippen molar-refractivity contribution in [3.05, 3.63) is 70.5 Å². The lowest BCUT2D eigenvalue weighted by Crippen LogP contribution is -2.06. The Bertz CT molecular complexity index is 1160. The number of aryl methyl sites for hydroxylation is 5. The van der Waals surface area contributed by atoms with Gasteiger partial charge in [-0.05, 0) is 56.9 Å². The smallest absolute Gasteiger partial charge is 0.227 e. The van der Waals surface area contributed by atoms with Crippen LogP contribution in [0.2, 0.25) is 0 Å². The lowest BCUT2D eigenvalue weighted by atomic mass is 10.00. The molecular formula is C23H27ClN4O. The standard InChI is InChI=1S/C23H26N4O.ClH/c1-6-18-9-7-8-14(2)20(18)11-24-21-10-19(23-25-15(3)13-28-23)12-27-17(5)16(4)26-22(21)27;/h7-10,12-13,24H,6,11H2,1-5H3;1H. The van der Waals surface area contributed by atoms with Crippen molar-refractivity contribution in [3.63, 3.8) is 0 Å². The maximum absolute atomic E-state index is 5.65. The second-order valence-corrected chi connectivity index (χ2v) is 7.33. The summed E-state index contributed by atoms with van der Waals surface area (Å²) in [6, 6.07) is 8.58. The molecule has 0 spiro atoms. The molecule has 0 saturated heterocycles. The molecule has 0 aliphatic rings. The van der Waals surface area contributed by atoms with Gasteiger partial charge in [0.15, 0.2) is 5.65 Å². The Kier molecular flexibility index (Phi) is 5.99. The molecule has 1 aromatic carbocycles. The van der Waals surface area contributed by atoms with Gasteiger partial charge in [-0.3, -0.25) is 0 Å². The van der Waals surface area contributed by atoms with Gasteiger partial charge in [0.1, 0.15) is 6.26 Å². The molecule has 152 valence electrons. The number of anilines is 1. The second kappa shape index (κ2) is 8.29. The number of imidazole rings is 1. The number of pyridine rings is 1. The van der Waals surface area contributed by atoms with Gasteiger partial charge in [0, 0.05) is 18.4 Å². The Morgan fingerprint density at radius 1 is 1.10 bits per heavy atom. The molecule has 0 unspecified atom stereocenters. The number of nitrogens with zero attached hydrogens (tertiary/aromatic N) is 3. The van der Waals surface area contributed by atoms with Crippen molar-refractivity contribution in [2.24, 2.45) is 0 Å². The number of halogens is 1. The van der Waals surface area contributed by atoms with Crippen LogP contribution in [-0.2, 0) is 13.0 Å². The number of oxazole rings is 1. The van der Waals surface area contributed by atoms with Crippen LogP contribution in [0, 0.1) is 27.7 Å². The van der Waals surface area contributed by atoms with Gasteiger partial charge in [-0.15, -0.1) is 12.4 Å². The third-order valence-corrected chi connectivity index (χ3v) is 5.41. The Balaban J connectivity index is 0.00000240. The van der Waals surface area contributed by atoms with Gasteiger partial charge in [-0.1, -0.05) is 25.1 Å². The highest BCUT2D eigenvalue weighted by atomic mass is 35.5. The van der Waals surface area contributed by atoms with Crippen molar-refractivity contribution in [2.75, 3.05) is 5.32 Å². The van der Waals surface area contributed by atoms with Crippen molar-refractivity contribution in [2.45, 2.75) is 47.6 Å². The summed E-state index contributed by atoms with van der Waals surface area (Å²) in [6.07, 6.45) is 4.75. The van der Waals surface area contributed by atoms with E-state index in [1.54, 1.807) is 6.26 Å². The third-order valence-electron chi connectivity index (χ3n) is 5.41. The maximum Gasteiger partial charge on any atom is 0.227 e. The monoisotopic (exact) mass is 410 g/mol. The highest BCUT2D eigenvalue weighted by molar-refractivity contribution is 5.85. The van der Waals surface area contributed by atoms with E-state index >= 15 is 0 Å². The van der Waals surface area contributed by atoms with E-state index in [0.717, 1.165) is 46.9 Å². The Morgan fingerprint density at radius 3 is 2.59 bits per heavy atom. The topological polar surface area (TPSA) is 55.4 Å². The first-order valence-corrected chi connectivity index (χ1v) is 9.71. The molecule has 5 nitrogen and oxygen atoms in total. The molecule has 29 heavy (non-hydrogen) atoms. The lowest BCUT2D eigenvalue weighted by molar-refractivity contribution is 0.573. The van der Waals surface area contributed by atoms with Crippen LogP contribution in [0.1, 0.15) is 40.7 Å². The van der Waals surface area contributed by atoms with E-state index < -0.39 is 0 Å². The molecule has 1 N–H and O–H groups in total. The fraction of sp³-hybridized carbons (Fsp3) is 0.304. The molecule has 0 atom stereocenters. The first-order valence-electron chi connectivity index (χ1n) is 9.71. The Morgan fingerprint density at radius 2 is 1.90 bits per heavy atom. The van der Waals surface area contributed by atoms with Gasteiger partial charge in [0.2, 0.25) is 5.89 Å². The minimum atomic E-state index is 0. The van der Waals surface area contributed by atoms with Gasteiger partial charge < -0.3 is 14.1 Å². The largest absolute Gasteiger partial charge is 0.444 e. The van der Waals surface area contributed by atoms with Gasteiger partial charge in [0.05, 0.1) is 22.6 Å². The molecule has 4 aromatic rings. The van der Waals surface area contributed by atoms with Crippen LogP contribution in [-0.4, -0.2) is 14.4 Å². The van der Waals surface area contributed by atoms with Crippen LogP contribution in [0.25, 0.3) is 17.1 Å². The van der Waals surface area contributed by atoms with E-state index in [0.29, 0.717) is 5.89 Å². The number of nitrogens with one attached hydrogen (secondary N) is 1. The van der Waals surface area contributed by atoms with Gasteiger partial charge in [0.25, 0.3) is 0 Å². The van der Waals surface area contributed by atoms with Crippen LogP contribution >= 0.6 is 12.4 Å². The molecule has 0 bridgehead atoms. The molecule has 4 rings (SSSR count). The summed E-state index contributed by atoms with van der Waals surface area (Å²) in [5.41, 5.74) is 9.88. The third kappa shape index (κ3) is 3.87. The quantitative estimate of drug-likeness (QED) is 0.450. The minimum absolute atomic E-state index is 0. The van der Waals surface area contributed by atoms with Crippen molar-refractivity contribution in [1.82, 2.24) is 14.4 Å². The molecule has 0 aliphatic carbocycles. The zero-order valence-corrected chi connectivity index (χ0v) is 18.4. The Hall–Kier alpha value is -2.79. The van der Waals surface area contributed by atoms with Gasteiger partial charge in [-0.2, -0.15) is 0 Å². The van der Waals surface area contributed by atoms with E-state index in [1.165, 1.54) is 16.7 Å². The second-order valence-electron chi connectivity index (χ2n) is 7.33. The summed E-state index contributed by atoms with van der Waals surface area (Å²) in [7, 11) is 0. The average Bonchev–Trinajstić information content (AvgIpc) is 3.24. The molecule has 0 fully saturated rings. The first kappa shape index (κ1) is 20.9. The van der Waals surface area contributed by atoms with Crippen LogP contribution in [0.5, 0.6) is 0 Å². The van der Waals surface area contributed by atoms with E-state index in [-0.39, 0.29) is 12.4 Å². The highest BCUT2D eigenvalue weighted by Gasteiger charge is 2.15. The summed E-state index contributed by atoms with van der Waals surface area (Å²) in [5, 5.41) is 3.62. The number of hydrogen-bond donors (Lipinski definition) is 1. The predicted molar refractivity (Wildman–Crippen MR) is 120 cm³/mol. The van der Waals surface area contributed by atoms with E-state index in [2.05, 4.69) is 59.7 Å². The average molecular weight is 411 g/mol.